The molecule has 1 fully saturated rings. The first-order chi connectivity index (χ1) is 11.6. The van der Waals surface area contributed by atoms with Crippen LogP contribution >= 0.6 is 23.2 Å². The van der Waals surface area contributed by atoms with Crippen LogP contribution in [0.4, 0.5) is 11.4 Å². The zero-order valence-corrected chi connectivity index (χ0v) is 14.6. The number of benzene rings is 2. The third-order valence-corrected chi connectivity index (χ3v) is 4.62. The number of hydrogen-bond acceptors (Lipinski definition) is 3. The van der Waals surface area contributed by atoms with E-state index in [1.807, 2.05) is 24.3 Å². The lowest BCUT2D eigenvalue weighted by atomic mass is 10.1. The van der Waals surface area contributed by atoms with Crippen molar-refractivity contribution in [3.63, 3.8) is 0 Å². The molecular formula is C18H18Cl2N2O2. The van der Waals surface area contributed by atoms with E-state index in [9.17, 15) is 4.79 Å². The van der Waals surface area contributed by atoms with Crippen molar-refractivity contribution < 1.29 is 9.53 Å². The van der Waals surface area contributed by atoms with Crippen molar-refractivity contribution in [1.29, 1.82) is 0 Å². The highest BCUT2D eigenvalue weighted by molar-refractivity contribution is 6.42. The summed E-state index contributed by atoms with van der Waals surface area (Å²) in [5.74, 6) is -0.0903. The molecule has 1 amide bonds. The molecule has 4 nitrogen and oxygen atoms in total. The highest BCUT2D eigenvalue weighted by Gasteiger charge is 2.11. The molecule has 1 aliphatic rings. The van der Waals surface area contributed by atoms with Crippen molar-refractivity contribution in [3.05, 3.63) is 58.1 Å². The number of nitrogens with zero attached hydrogens (tertiary/aromatic N) is 1. The fraction of sp³-hybridized carbons (Fsp3) is 0.278. The summed E-state index contributed by atoms with van der Waals surface area (Å²) in [5.41, 5.74) is 2.74. The Bertz CT molecular complexity index is 713. The van der Waals surface area contributed by atoms with Gasteiger partial charge in [-0.1, -0.05) is 29.3 Å². The van der Waals surface area contributed by atoms with Crippen LogP contribution in [0.5, 0.6) is 0 Å². The summed E-state index contributed by atoms with van der Waals surface area (Å²) in [5, 5.41) is 3.84. The Hall–Kier alpha value is -1.75. The largest absolute Gasteiger partial charge is 0.378 e. The van der Waals surface area contributed by atoms with Crippen LogP contribution in [0, 0.1) is 0 Å². The molecule has 0 aliphatic carbocycles. The van der Waals surface area contributed by atoms with E-state index in [-0.39, 0.29) is 12.3 Å². The third kappa shape index (κ3) is 4.41. The quantitative estimate of drug-likeness (QED) is 0.890. The van der Waals surface area contributed by atoms with Crippen LogP contribution in [-0.4, -0.2) is 32.2 Å². The zero-order chi connectivity index (χ0) is 16.9. The van der Waals surface area contributed by atoms with E-state index in [4.69, 9.17) is 27.9 Å². The van der Waals surface area contributed by atoms with Gasteiger partial charge in [-0.15, -0.1) is 0 Å². The molecule has 0 radical (unpaired) electrons. The highest BCUT2D eigenvalue weighted by Crippen LogP contribution is 2.23. The molecule has 0 unspecified atom stereocenters. The van der Waals surface area contributed by atoms with Crippen LogP contribution in [0.3, 0.4) is 0 Å². The van der Waals surface area contributed by atoms with Crippen molar-refractivity contribution in [3.8, 4) is 0 Å². The lowest BCUT2D eigenvalue weighted by Gasteiger charge is -2.28. The van der Waals surface area contributed by atoms with Gasteiger partial charge in [-0.25, -0.2) is 0 Å². The van der Waals surface area contributed by atoms with Crippen LogP contribution in [0.15, 0.2) is 42.5 Å². The second kappa shape index (κ2) is 7.88. The number of carbonyl (C=O) groups excluding carboxylic acids is 1. The Labute approximate surface area is 151 Å². The highest BCUT2D eigenvalue weighted by atomic mass is 35.5. The number of ether oxygens (including phenoxy) is 1. The fourth-order valence-electron chi connectivity index (χ4n) is 2.62. The average molecular weight is 365 g/mol. The maximum absolute atomic E-state index is 12.2. The molecule has 0 saturated carbocycles. The molecule has 3 rings (SSSR count). The first kappa shape index (κ1) is 17.1. The lowest BCUT2D eigenvalue weighted by Crippen LogP contribution is -2.36. The third-order valence-electron chi connectivity index (χ3n) is 3.88. The van der Waals surface area contributed by atoms with Crippen molar-refractivity contribution >= 4 is 40.5 Å². The van der Waals surface area contributed by atoms with E-state index in [1.165, 1.54) is 0 Å². The van der Waals surface area contributed by atoms with Crippen LogP contribution in [0.2, 0.25) is 10.0 Å². The van der Waals surface area contributed by atoms with Crippen LogP contribution < -0.4 is 10.2 Å². The van der Waals surface area contributed by atoms with Crippen LogP contribution in [0.1, 0.15) is 5.56 Å². The monoisotopic (exact) mass is 364 g/mol. The molecule has 24 heavy (non-hydrogen) atoms. The zero-order valence-electron chi connectivity index (χ0n) is 13.1. The summed E-state index contributed by atoms with van der Waals surface area (Å²) in [7, 11) is 0. The Morgan fingerprint density at radius 3 is 2.42 bits per heavy atom. The molecule has 1 saturated heterocycles. The van der Waals surface area contributed by atoms with Gasteiger partial charge in [0.2, 0.25) is 5.91 Å². The molecule has 0 bridgehead atoms. The summed E-state index contributed by atoms with van der Waals surface area (Å²) >= 11 is 11.9. The summed E-state index contributed by atoms with van der Waals surface area (Å²) in [4.78, 5) is 14.4. The number of halogens is 2. The number of carbonyl (C=O) groups is 1. The van der Waals surface area contributed by atoms with Gasteiger partial charge in [0.05, 0.1) is 29.7 Å². The molecule has 2 aromatic rings. The van der Waals surface area contributed by atoms with Gasteiger partial charge in [0.1, 0.15) is 0 Å². The van der Waals surface area contributed by atoms with E-state index in [0.717, 1.165) is 43.2 Å². The molecule has 1 N–H and O–H groups in total. The lowest BCUT2D eigenvalue weighted by molar-refractivity contribution is -0.115. The maximum atomic E-state index is 12.2. The normalized spacial score (nSPS) is 14.5. The van der Waals surface area contributed by atoms with E-state index in [2.05, 4.69) is 10.2 Å². The molecular weight excluding hydrogens is 347 g/mol. The minimum absolute atomic E-state index is 0.0903. The summed E-state index contributed by atoms with van der Waals surface area (Å²) < 4.78 is 5.35. The molecule has 6 heteroatoms. The second-order valence-corrected chi connectivity index (χ2v) is 6.43. The van der Waals surface area contributed by atoms with E-state index in [0.29, 0.717) is 10.0 Å². The second-order valence-electron chi connectivity index (χ2n) is 5.62. The maximum Gasteiger partial charge on any atom is 0.228 e. The summed E-state index contributed by atoms with van der Waals surface area (Å²) in [6, 6.07) is 13.1. The minimum atomic E-state index is -0.0903. The molecule has 2 aromatic carbocycles. The number of rotatable bonds is 4. The predicted octanol–water partition coefficient (Wildman–Crippen LogP) is 4.01. The van der Waals surface area contributed by atoms with Crippen molar-refractivity contribution in [1.82, 2.24) is 0 Å². The Morgan fingerprint density at radius 1 is 1.04 bits per heavy atom. The number of anilines is 2. The predicted molar refractivity (Wildman–Crippen MR) is 98.3 cm³/mol. The number of hydrogen-bond donors (Lipinski definition) is 1. The molecule has 1 aliphatic heterocycles. The van der Waals surface area contributed by atoms with Gasteiger partial charge < -0.3 is 15.0 Å². The first-order valence-electron chi connectivity index (χ1n) is 7.78. The Morgan fingerprint density at radius 2 is 1.75 bits per heavy atom. The molecule has 1 heterocycles. The van der Waals surface area contributed by atoms with Gasteiger partial charge in [0.25, 0.3) is 0 Å². The van der Waals surface area contributed by atoms with Gasteiger partial charge in [0, 0.05) is 24.5 Å². The SMILES string of the molecule is O=C(Cc1ccc(Cl)c(Cl)c1)Nc1ccc(N2CCOCC2)cc1. The summed E-state index contributed by atoms with van der Waals surface area (Å²) in [6.45, 7) is 3.29. The van der Waals surface area contributed by atoms with E-state index >= 15 is 0 Å². The topological polar surface area (TPSA) is 41.6 Å². The molecule has 0 atom stereocenters. The number of nitrogens with one attached hydrogen (secondary N) is 1. The van der Waals surface area contributed by atoms with E-state index in [1.54, 1.807) is 18.2 Å². The summed E-state index contributed by atoms with van der Waals surface area (Å²) in [6.07, 6.45) is 0.252. The smallest absolute Gasteiger partial charge is 0.228 e. The van der Waals surface area contributed by atoms with Gasteiger partial charge in [-0.3, -0.25) is 4.79 Å². The molecule has 126 valence electrons. The van der Waals surface area contributed by atoms with Crippen molar-refractivity contribution in [2.24, 2.45) is 0 Å². The van der Waals surface area contributed by atoms with Gasteiger partial charge in [0.15, 0.2) is 0 Å². The molecule has 0 aromatic heterocycles. The van der Waals surface area contributed by atoms with E-state index < -0.39 is 0 Å². The standard InChI is InChI=1S/C18H18Cl2N2O2/c19-16-6-1-13(11-17(16)20)12-18(23)21-14-2-4-15(5-3-14)22-7-9-24-10-8-22/h1-6,11H,7-10,12H2,(H,21,23). The van der Waals surface area contributed by atoms with Gasteiger partial charge in [-0.2, -0.15) is 0 Å². The molecule has 0 spiro atoms. The van der Waals surface area contributed by atoms with Gasteiger partial charge >= 0.3 is 0 Å². The Kier molecular flexibility index (Phi) is 5.61. The van der Waals surface area contributed by atoms with Crippen LogP contribution in [0.25, 0.3) is 0 Å². The minimum Gasteiger partial charge on any atom is -0.378 e. The number of amides is 1. The van der Waals surface area contributed by atoms with Gasteiger partial charge in [-0.05, 0) is 42.0 Å². The Balaban J connectivity index is 1.58. The number of morpholine rings is 1. The first-order valence-corrected chi connectivity index (χ1v) is 8.54. The van der Waals surface area contributed by atoms with Crippen molar-refractivity contribution in [2.75, 3.05) is 36.5 Å². The fourth-order valence-corrected chi connectivity index (χ4v) is 2.94. The van der Waals surface area contributed by atoms with Crippen molar-refractivity contribution in [2.45, 2.75) is 6.42 Å². The average Bonchev–Trinajstić information content (AvgIpc) is 2.59. The van der Waals surface area contributed by atoms with Crippen LogP contribution in [-0.2, 0) is 16.0 Å².